The predicted octanol–water partition coefficient (Wildman–Crippen LogP) is 3.22. The number of nitrogens with one attached hydrogen (secondary N) is 2. The molecular formula is C15H22N2O2S2. The Labute approximate surface area is 132 Å². The molecule has 1 aliphatic carbocycles. The monoisotopic (exact) mass is 326 g/mol. The Kier molecular flexibility index (Phi) is 6.11. The van der Waals surface area contributed by atoms with Gasteiger partial charge >= 0.3 is 6.03 Å². The van der Waals surface area contributed by atoms with Crippen molar-refractivity contribution >= 4 is 34.3 Å². The molecule has 2 rings (SSSR count). The van der Waals surface area contributed by atoms with Crippen molar-refractivity contribution in [1.29, 1.82) is 0 Å². The Morgan fingerprint density at radius 2 is 2.10 bits per heavy atom. The van der Waals surface area contributed by atoms with Gasteiger partial charge in [0.1, 0.15) is 0 Å². The maximum Gasteiger partial charge on any atom is 0.319 e. The van der Waals surface area contributed by atoms with E-state index >= 15 is 0 Å². The zero-order chi connectivity index (χ0) is 15.2. The molecule has 6 heteroatoms. The third kappa shape index (κ3) is 4.74. The Hall–Kier alpha value is -1.01. The summed E-state index contributed by atoms with van der Waals surface area (Å²) in [5, 5.41) is 6.40. The minimum Gasteiger partial charge on any atom is -0.334 e. The highest BCUT2D eigenvalue weighted by molar-refractivity contribution is 7.99. The zero-order valence-corrected chi connectivity index (χ0v) is 14.1. The van der Waals surface area contributed by atoms with E-state index in [1.54, 1.807) is 24.5 Å². The molecule has 3 atom stereocenters. The SMILES string of the molecule is CS[C@@H]1CCCC[C@H]1NC(=O)Nc1cccc([S@](C)=O)c1. The van der Waals surface area contributed by atoms with Gasteiger partial charge in [0, 0.05) is 38.9 Å². The van der Waals surface area contributed by atoms with Crippen molar-refractivity contribution in [2.24, 2.45) is 0 Å². The molecule has 0 radical (unpaired) electrons. The van der Waals surface area contributed by atoms with Crippen molar-refractivity contribution in [2.45, 2.75) is 41.9 Å². The second kappa shape index (κ2) is 7.84. The maximum absolute atomic E-state index is 12.1. The zero-order valence-electron chi connectivity index (χ0n) is 12.4. The van der Waals surface area contributed by atoms with Gasteiger partial charge in [-0.25, -0.2) is 4.79 Å². The van der Waals surface area contributed by atoms with Gasteiger partial charge in [0.25, 0.3) is 0 Å². The van der Waals surface area contributed by atoms with Crippen molar-refractivity contribution < 1.29 is 9.00 Å². The summed E-state index contributed by atoms with van der Waals surface area (Å²) in [4.78, 5) is 12.8. The van der Waals surface area contributed by atoms with Crippen LogP contribution >= 0.6 is 11.8 Å². The van der Waals surface area contributed by atoms with Gasteiger partial charge in [-0.15, -0.1) is 0 Å². The summed E-state index contributed by atoms with van der Waals surface area (Å²) in [6.45, 7) is 0. The van der Waals surface area contributed by atoms with E-state index in [0.29, 0.717) is 15.8 Å². The molecule has 0 heterocycles. The van der Waals surface area contributed by atoms with Crippen molar-refractivity contribution in [2.75, 3.05) is 17.8 Å². The van der Waals surface area contributed by atoms with Crippen LogP contribution in [-0.4, -0.2) is 34.0 Å². The molecule has 1 aromatic rings. The lowest BCUT2D eigenvalue weighted by atomic mass is 9.95. The highest BCUT2D eigenvalue weighted by Gasteiger charge is 2.25. The van der Waals surface area contributed by atoms with E-state index in [1.807, 2.05) is 17.8 Å². The molecule has 0 bridgehead atoms. The van der Waals surface area contributed by atoms with Crippen LogP contribution in [0.15, 0.2) is 29.2 Å². The summed E-state index contributed by atoms with van der Waals surface area (Å²) in [5.41, 5.74) is 0.678. The Morgan fingerprint density at radius 1 is 1.33 bits per heavy atom. The smallest absolute Gasteiger partial charge is 0.319 e. The highest BCUT2D eigenvalue weighted by Crippen LogP contribution is 2.27. The van der Waals surface area contributed by atoms with Crippen LogP contribution in [0.3, 0.4) is 0 Å². The van der Waals surface area contributed by atoms with E-state index in [1.165, 1.54) is 12.8 Å². The first-order chi connectivity index (χ1) is 10.1. The summed E-state index contributed by atoms with van der Waals surface area (Å²) < 4.78 is 11.5. The summed E-state index contributed by atoms with van der Waals surface area (Å²) in [5.74, 6) is 0. The van der Waals surface area contributed by atoms with Gasteiger partial charge in [0.2, 0.25) is 0 Å². The lowest BCUT2D eigenvalue weighted by Crippen LogP contribution is -2.45. The van der Waals surface area contributed by atoms with E-state index in [4.69, 9.17) is 0 Å². The minimum absolute atomic E-state index is 0.181. The second-order valence-electron chi connectivity index (χ2n) is 5.25. The second-order valence-corrected chi connectivity index (χ2v) is 7.70. The molecule has 1 saturated carbocycles. The fourth-order valence-electron chi connectivity index (χ4n) is 2.63. The average Bonchev–Trinajstić information content (AvgIpc) is 2.48. The summed E-state index contributed by atoms with van der Waals surface area (Å²) in [6, 6.07) is 7.21. The molecule has 0 aromatic heterocycles. The number of carbonyl (C=O) groups excluding carboxylic acids is 1. The van der Waals surface area contributed by atoms with Crippen LogP contribution in [0.4, 0.5) is 10.5 Å². The molecule has 4 nitrogen and oxygen atoms in total. The van der Waals surface area contributed by atoms with Crippen LogP contribution in [0, 0.1) is 0 Å². The maximum atomic E-state index is 12.1. The molecule has 1 fully saturated rings. The molecule has 1 aromatic carbocycles. The van der Waals surface area contributed by atoms with E-state index in [0.717, 1.165) is 12.8 Å². The van der Waals surface area contributed by atoms with E-state index < -0.39 is 10.8 Å². The highest BCUT2D eigenvalue weighted by atomic mass is 32.2. The predicted molar refractivity (Wildman–Crippen MR) is 90.5 cm³/mol. The number of thioether (sulfide) groups is 1. The molecule has 2 N–H and O–H groups in total. The molecular weight excluding hydrogens is 304 g/mol. The first-order valence-electron chi connectivity index (χ1n) is 7.14. The topological polar surface area (TPSA) is 58.2 Å². The molecule has 0 spiro atoms. The molecule has 0 unspecified atom stereocenters. The van der Waals surface area contributed by atoms with Crippen LogP contribution in [0.2, 0.25) is 0 Å². The molecule has 2 amide bonds. The van der Waals surface area contributed by atoms with Gasteiger partial charge in [0.05, 0.1) is 0 Å². The van der Waals surface area contributed by atoms with Gasteiger partial charge in [-0.05, 0) is 37.3 Å². The number of hydrogen-bond donors (Lipinski definition) is 2. The Bertz CT molecular complexity index is 522. The van der Waals surface area contributed by atoms with Crippen LogP contribution < -0.4 is 10.6 Å². The number of anilines is 1. The minimum atomic E-state index is -1.04. The first kappa shape index (κ1) is 16.4. The van der Waals surface area contributed by atoms with Gasteiger partial charge < -0.3 is 10.6 Å². The fraction of sp³-hybridized carbons (Fsp3) is 0.533. The van der Waals surface area contributed by atoms with E-state index in [9.17, 15) is 9.00 Å². The Morgan fingerprint density at radius 3 is 2.81 bits per heavy atom. The van der Waals surface area contributed by atoms with Crippen LogP contribution in [0.5, 0.6) is 0 Å². The van der Waals surface area contributed by atoms with Gasteiger partial charge in [0.15, 0.2) is 0 Å². The number of amides is 2. The summed E-state index contributed by atoms with van der Waals surface area (Å²) >= 11 is 1.83. The quantitative estimate of drug-likeness (QED) is 0.893. The fourth-order valence-corrected chi connectivity index (χ4v) is 4.13. The lowest BCUT2D eigenvalue weighted by Gasteiger charge is -2.30. The van der Waals surface area contributed by atoms with Crippen LogP contribution in [0.1, 0.15) is 25.7 Å². The first-order valence-corrected chi connectivity index (χ1v) is 9.98. The molecule has 116 valence electrons. The number of carbonyl (C=O) groups is 1. The van der Waals surface area contributed by atoms with Gasteiger partial charge in [-0.2, -0.15) is 11.8 Å². The third-order valence-electron chi connectivity index (χ3n) is 3.75. The van der Waals surface area contributed by atoms with Gasteiger partial charge in [-0.3, -0.25) is 4.21 Å². The number of rotatable bonds is 4. The lowest BCUT2D eigenvalue weighted by molar-refractivity contribution is 0.245. The summed E-state index contributed by atoms with van der Waals surface area (Å²) in [7, 11) is -1.04. The van der Waals surface area contributed by atoms with Crippen molar-refractivity contribution in [1.82, 2.24) is 5.32 Å². The molecule has 21 heavy (non-hydrogen) atoms. The normalized spacial score (nSPS) is 23.3. The number of hydrogen-bond acceptors (Lipinski definition) is 3. The van der Waals surface area contributed by atoms with Crippen LogP contribution in [0.25, 0.3) is 0 Å². The molecule has 0 aliphatic heterocycles. The van der Waals surface area contributed by atoms with Crippen molar-refractivity contribution in [3.63, 3.8) is 0 Å². The molecule has 1 aliphatic rings. The average molecular weight is 326 g/mol. The number of urea groups is 1. The molecule has 0 saturated heterocycles. The van der Waals surface area contributed by atoms with Crippen molar-refractivity contribution in [3.05, 3.63) is 24.3 Å². The third-order valence-corrected chi connectivity index (χ3v) is 5.83. The van der Waals surface area contributed by atoms with Crippen molar-refractivity contribution in [3.8, 4) is 0 Å². The Balaban J connectivity index is 1.95. The number of benzene rings is 1. The van der Waals surface area contributed by atoms with Crippen LogP contribution in [-0.2, 0) is 10.8 Å². The van der Waals surface area contributed by atoms with Gasteiger partial charge in [-0.1, -0.05) is 18.9 Å². The standard InChI is InChI=1S/C15H22N2O2S2/c1-20-14-9-4-3-8-13(14)17-15(18)16-11-6-5-7-12(10-11)21(2)19/h5-7,10,13-14H,3-4,8-9H2,1-2H3,(H2,16,17,18)/t13-,14-,21+/m1/s1. The largest absolute Gasteiger partial charge is 0.334 e. The van der Waals surface area contributed by atoms with E-state index in [-0.39, 0.29) is 12.1 Å². The van der Waals surface area contributed by atoms with E-state index in [2.05, 4.69) is 16.9 Å². The summed E-state index contributed by atoms with van der Waals surface area (Å²) in [6.07, 6.45) is 8.35.